The number of nitriles is 1. The Labute approximate surface area is 180 Å². The summed E-state index contributed by atoms with van der Waals surface area (Å²) in [6.45, 7) is 10.2. The van der Waals surface area contributed by atoms with Crippen molar-refractivity contribution in [1.82, 2.24) is 14.8 Å². The van der Waals surface area contributed by atoms with Crippen LogP contribution in [0.3, 0.4) is 0 Å². The largest absolute Gasteiger partial charge is 0.353 e. The Morgan fingerprint density at radius 1 is 1.10 bits per heavy atom. The summed E-state index contributed by atoms with van der Waals surface area (Å²) in [6, 6.07) is 2.47. The zero-order valence-electron chi connectivity index (χ0n) is 18.6. The van der Waals surface area contributed by atoms with E-state index in [0.717, 1.165) is 102 Å². The van der Waals surface area contributed by atoms with Crippen LogP contribution in [0, 0.1) is 17.2 Å². The molecule has 2 fully saturated rings. The molecule has 162 valence electrons. The molecule has 6 nitrogen and oxygen atoms in total. The number of piperidine rings is 1. The van der Waals surface area contributed by atoms with Crippen LogP contribution in [0.4, 0.5) is 5.82 Å². The van der Waals surface area contributed by atoms with Crippen molar-refractivity contribution in [1.29, 1.82) is 5.26 Å². The Hall–Kier alpha value is -2.13. The van der Waals surface area contributed by atoms with Crippen LogP contribution in [-0.4, -0.2) is 66.5 Å². The minimum atomic E-state index is 0.272. The second-order valence-corrected chi connectivity index (χ2v) is 9.26. The number of rotatable bonds is 5. The molecule has 3 heterocycles. The van der Waals surface area contributed by atoms with Gasteiger partial charge < -0.3 is 9.80 Å². The van der Waals surface area contributed by atoms with Gasteiger partial charge in [-0.05, 0) is 55.6 Å². The van der Waals surface area contributed by atoms with E-state index in [1.54, 1.807) is 0 Å². The van der Waals surface area contributed by atoms with E-state index in [4.69, 9.17) is 4.98 Å². The van der Waals surface area contributed by atoms with E-state index in [1.807, 2.05) is 4.90 Å². The first-order chi connectivity index (χ1) is 14.6. The fourth-order valence-electron chi connectivity index (χ4n) is 5.18. The summed E-state index contributed by atoms with van der Waals surface area (Å²) in [7, 11) is 0. The van der Waals surface area contributed by atoms with Crippen molar-refractivity contribution >= 4 is 11.7 Å². The van der Waals surface area contributed by atoms with Gasteiger partial charge in [0, 0.05) is 45.0 Å². The van der Waals surface area contributed by atoms with E-state index in [9.17, 15) is 10.1 Å². The lowest BCUT2D eigenvalue weighted by atomic mass is 9.99. The molecular weight excluding hydrogens is 374 g/mol. The summed E-state index contributed by atoms with van der Waals surface area (Å²) >= 11 is 0. The monoisotopic (exact) mass is 409 g/mol. The summed E-state index contributed by atoms with van der Waals surface area (Å²) in [4.78, 5) is 24.3. The third-order valence-electron chi connectivity index (χ3n) is 7.10. The second kappa shape index (κ2) is 9.34. The van der Waals surface area contributed by atoms with Crippen molar-refractivity contribution in [2.24, 2.45) is 5.92 Å². The number of amides is 1. The van der Waals surface area contributed by atoms with Gasteiger partial charge in [0.2, 0.25) is 5.91 Å². The Morgan fingerprint density at radius 3 is 2.47 bits per heavy atom. The van der Waals surface area contributed by atoms with Crippen LogP contribution >= 0.6 is 0 Å². The maximum Gasteiger partial charge on any atom is 0.236 e. The molecular formula is C24H35N5O. The molecule has 2 aliphatic heterocycles. The van der Waals surface area contributed by atoms with Gasteiger partial charge in [-0.25, -0.2) is 4.98 Å². The SMILES string of the molecule is CCCc1nc(N2CCN(CC(=O)N3CCC(C)CC3)CC2)c(C#N)c2c1CCC2. The highest BCUT2D eigenvalue weighted by Crippen LogP contribution is 2.33. The third-order valence-corrected chi connectivity index (χ3v) is 7.10. The number of aromatic nitrogens is 1. The van der Waals surface area contributed by atoms with Gasteiger partial charge in [0.25, 0.3) is 0 Å². The van der Waals surface area contributed by atoms with Crippen molar-refractivity contribution in [3.05, 3.63) is 22.4 Å². The minimum Gasteiger partial charge on any atom is -0.353 e. The van der Waals surface area contributed by atoms with Crippen LogP contribution in [0.1, 0.15) is 61.9 Å². The summed E-state index contributed by atoms with van der Waals surface area (Å²) in [5, 5.41) is 9.89. The maximum absolute atomic E-state index is 12.7. The molecule has 1 aliphatic carbocycles. The van der Waals surface area contributed by atoms with Crippen molar-refractivity contribution in [3.63, 3.8) is 0 Å². The molecule has 2 saturated heterocycles. The number of anilines is 1. The highest BCUT2D eigenvalue weighted by Gasteiger charge is 2.29. The van der Waals surface area contributed by atoms with E-state index in [2.05, 4.69) is 29.7 Å². The zero-order chi connectivity index (χ0) is 21.1. The van der Waals surface area contributed by atoms with Gasteiger partial charge in [0.15, 0.2) is 0 Å². The van der Waals surface area contributed by atoms with Crippen molar-refractivity contribution in [2.75, 3.05) is 50.7 Å². The fourth-order valence-corrected chi connectivity index (χ4v) is 5.18. The number of piperazine rings is 1. The van der Waals surface area contributed by atoms with Gasteiger partial charge in [0.05, 0.1) is 12.1 Å². The minimum absolute atomic E-state index is 0.272. The topological polar surface area (TPSA) is 63.5 Å². The van der Waals surface area contributed by atoms with Gasteiger partial charge in [-0.1, -0.05) is 20.3 Å². The first-order valence-corrected chi connectivity index (χ1v) is 11.8. The number of nitrogens with zero attached hydrogens (tertiary/aromatic N) is 5. The predicted octanol–water partition coefficient (Wildman–Crippen LogP) is 2.77. The second-order valence-electron chi connectivity index (χ2n) is 9.26. The Morgan fingerprint density at radius 2 is 1.80 bits per heavy atom. The standard InChI is InChI=1S/C24H35N5O/c1-3-5-22-20-7-4-6-19(20)21(16-25)24(26-22)29-14-12-27(13-15-29)17-23(30)28-10-8-18(2)9-11-28/h18H,3-15,17H2,1-2H3. The number of carbonyl (C=O) groups is 1. The lowest BCUT2D eigenvalue weighted by Crippen LogP contribution is -2.51. The molecule has 3 aliphatic rings. The number of pyridine rings is 1. The van der Waals surface area contributed by atoms with Gasteiger partial charge in [-0.15, -0.1) is 0 Å². The molecule has 0 radical (unpaired) electrons. The average Bonchev–Trinajstić information content (AvgIpc) is 3.25. The zero-order valence-corrected chi connectivity index (χ0v) is 18.6. The summed E-state index contributed by atoms with van der Waals surface area (Å²) in [6.07, 6.45) is 7.53. The normalized spacial score (nSPS) is 20.3. The highest BCUT2D eigenvalue weighted by atomic mass is 16.2. The van der Waals surface area contributed by atoms with Crippen LogP contribution in [0.2, 0.25) is 0 Å². The number of hydrogen-bond donors (Lipinski definition) is 0. The van der Waals surface area contributed by atoms with E-state index in [1.165, 1.54) is 16.8 Å². The highest BCUT2D eigenvalue weighted by molar-refractivity contribution is 5.78. The summed E-state index contributed by atoms with van der Waals surface area (Å²) < 4.78 is 0. The maximum atomic E-state index is 12.7. The lowest BCUT2D eigenvalue weighted by molar-refractivity contribution is -0.133. The van der Waals surface area contributed by atoms with Crippen LogP contribution in [0.15, 0.2) is 0 Å². The first-order valence-electron chi connectivity index (χ1n) is 11.8. The average molecular weight is 410 g/mol. The van der Waals surface area contributed by atoms with Crippen molar-refractivity contribution in [2.45, 2.75) is 58.8 Å². The van der Waals surface area contributed by atoms with E-state index in [-0.39, 0.29) is 5.91 Å². The number of aryl methyl sites for hydroxylation is 1. The van der Waals surface area contributed by atoms with E-state index in [0.29, 0.717) is 6.54 Å². The van der Waals surface area contributed by atoms with Crippen LogP contribution < -0.4 is 4.90 Å². The number of hydrogen-bond acceptors (Lipinski definition) is 5. The van der Waals surface area contributed by atoms with Crippen LogP contribution in [0.25, 0.3) is 0 Å². The molecule has 0 spiro atoms. The van der Waals surface area contributed by atoms with Crippen LogP contribution in [0.5, 0.6) is 0 Å². The van der Waals surface area contributed by atoms with Crippen molar-refractivity contribution < 1.29 is 4.79 Å². The Bertz CT molecular complexity index is 814. The molecule has 4 rings (SSSR count). The molecule has 6 heteroatoms. The molecule has 30 heavy (non-hydrogen) atoms. The van der Waals surface area contributed by atoms with Gasteiger partial charge in [-0.2, -0.15) is 5.26 Å². The smallest absolute Gasteiger partial charge is 0.236 e. The molecule has 0 bridgehead atoms. The molecule has 1 amide bonds. The first kappa shape index (κ1) is 21.1. The molecule has 0 aromatic carbocycles. The molecule has 1 aromatic heterocycles. The van der Waals surface area contributed by atoms with E-state index >= 15 is 0 Å². The third kappa shape index (κ3) is 4.32. The number of fused-ring (bicyclic) bond motifs is 1. The van der Waals surface area contributed by atoms with Crippen molar-refractivity contribution in [3.8, 4) is 6.07 Å². The molecule has 1 aromatic rings. The molecule has 0 atom stereocenters. The summed E-state index contributed by atoms with van der Waals surface area (Å²) in [5.41, 5.74) is 4.60. The fraction of sp³-hybridized carbons (Fsp3) is 0.708. The number of likely N-dealkylation sites (tertiary alicyclic amines) is 1. The Balaban J connectivity index is 1.41. The Kier molecular flexibility index (Phi) is 6.58. The lowest BCUT2D eigenvalue weighted by Gasteiger charge is -2.37. The van der Waals surface area contributed by atoms with Crippen LogP contribution in [-0.2, 0) is 24.1 Å². The van der Waals surface area contributed by atoms with Gasteiger partial charge in [0.1, 0.15) is 11.9 Å². The number of carbonyl (C=O) groups excluding carboxylic acids is 1. The summed E-state index contributed by atoms with van der Waals surface area (Å²) in [5.74, 6) is 1.90. The molecule has 0 N–H and O–H groups in total. The van der Waals surface area contributed by atoms with E-state index < -0.39 is 0 Å². The predicted molar refractivity (Wildman–Crippen MR) is 119 cm³/mol. The van der Waals surface area contributed by atoms with Gasteiger partial charge in [-0.3, -0.25) is 9.69 Å². The molecule has 0 unspecified atom stereocenters. The molecule has 0 saturated carbocycles. The quantitative estimate of drug-likeness (QED) is 0.748. The van der Waals surface area contributed by atoms with Gasteiger partial charge >= 0.3 is 0 Å².